The van der Waals surface area contributed by atoms with Crippen LogP contribution in [-0.2, 0) is 4.79 Å². The average molecular weight is 317 g/mol. The van der Waals surface area contributed by atoms with Crippen molar-refractivity contribution >= 4 is 11.6 Å². The number of carbonyl (C=O) groups excluding carboxylic acids is 1. The lowest BCUT2D eigenvalue weighted by molar-refractivity contribution is -0.934. The molecule has 0 heterocycles. The van der Waals surface area contributed by atoms with Gasteiger partial charge in [0, 0.05) is 18.5 Å². The predicted molar refractivity (Wildman–Crippen MR) is 97.6 cm³/mol. The number of aryl methyl sites for hydroxylation is 2. The Morgan fingerprint density at radius 1 is 1.13 bits per heavy atom. The Hall–Kier alpha value is -1.35. The Bertz CT molecular complexity index is 543. The zero-order valence-corrected chi connectivity index (χ0v) is 15.5. The molecular weight excluding hydrogens is 284 g/mol. The maximum Gasteiger partial charge on any atom is 0.285 e. The van der Waals surface area contributed by atoms with Crippen molar-refractivity contribution < 1.29 is 9.28 Å². The predicted octanol–water partition coefficient (Wildman–Crippen LogP) is 4.43. The minimum absolute atomic E-state index is 0.208. The van der Waals surface area contributed by atoms with Gasteiger partial charge in [0.25, 0.3) is 5.91 Å². The molecule has 2 rings (SSSR count). The summed E-state index contributed by atoms with van der Waals surface area (Å²) >= 11 is 0. The van der Waals surface area contributed by atoms with Gasteiger partial charge in [0.2, 0.25) is 0 Å². The van der Waals surface area contributed by atoms with E-state index < -0.39 is 0 Å². The van der Waals surface area contributed by atoms with E-state index >= 15 is 0 Å². The van der Waals surface area contributed by atoms with Crippen LogP contribution in [-0.4, -0.2) is 36.1 Å². The summed E-state index contributed by atoms with van der Waals surface area (Å²) in [4.78, 5) is 13.2. The molecule has 1 N–H and O–H groups in total. The standard InChI is InChI=1S/C20H32N2O/c1-6-8-15-22(5,14-7-2)20(12-13-20)19(23)21-18-16(3)10-9-11-17(18)4/h9-11H,6-8,12-15H2,1-5H3/p+1. The van der Waals surface area contributed by atoms with Crippen LogP contribution in [0.4, 0.5) is 5.69 Å². The highest BCUT2D eigenvalue weighted by atomic mass is 16.2. The molecule has 1 aliphatic carbocycles. The molecule has 1 atom stereocenters. The van der Waals surface area contributed by atoms with Gasteiger partial charge in [-0.05, 0) is 37.8 Å². The molecule has 1 aliphatic rings. The van der Waals surface area contributed by atoms with Crippen molar-refractivity contribution in [2.75, 3.05) is 25.5 Å². The number of rotatable bonds is 8. The first-order chi connectivity index (χ1) is 10.9. The van der Waals surface area contributed by atoms with E-state index in [0.717, 1.165) is 53.6 Å². The average Bonchev–Trinajstić information content (AvgIpc) is 3.31. The van der Waals surface area contributed by atoms with Gasteiger partial charge in [0.05, 0.1) is 20.1 Å². The van der Waals surface area contributed by atoms with E-state index in [0.29, 0.717) is 0 Å². The molecule has 0 aliphatic heterocycles. The SMILES string of the molecule is CCCC[N+](C)(CCC)C1(C(=O)Nc2c(C)cccc2C)CC1. The second-order valence-electron chi connectivity index (χ2n) is 7.45. The van der Waals surface area contributed by atoms with E-state index in [2.05, 4.69) is 52.2 Å². The highest BCUT2D eigenvalue weighted by Crippen LogP contribution is 2.47. The van der Waals surface area contributed by atoms with Crippen LogP contribution in [0, 0.1) is 13.8 Å². The van der Waals surface area contributed by atoms with Crippen molar-refractivity contribution in [3.63, 3.8) is 0 Å². The van der Waals surface area contributed by atoms with Crippen molar-refractivity contribution in [3.05, 3.63) is 29.3 Å². The number of hydrogen-bond donors (Lipinski definition) is 1. The highest BCUT2D eigenvalue weighted by molar-refractivity contribution is 6.00. The number of anilines is 1. The monoisotopic (exact) mass is 317 g/mol. The van der Waals surface area contributed by atoms with Crippen LogP contribution in [0.15, 0.2) is 18.2 Å². The van der Waals surface area contributed by atoms with E-state index in [9.17, 15) is 4.79 Å². The quantitative estimate of drug-likeness (QED) is 0.706. The number of benzene rings is 1. The van der Waals surface area contributed by atoms with Crippen LogP contribution in [0.5, 0.6) is 0 Å². The molecule has 1 amide bonds. The van der Waals surface area contributed by atoms with Crippen molar-refractivity contribution in [3.8, 4) is 0 Å². The molecule has 23 heavy (non-hydrogen) atoms. The van der Waals surface area contributed by atoms with Gasteiger partial charge in [0.1, 0.15) is 0 Å². The van der Waals surface area contributed by atoms with Crippen LogP contribution < -0.4 is 5.32 Å². The molecule has 1 unspecified atom stereocenters. The van der Waals surface area contributed by atoms with Crippen molar-refractivity contribution in [1.29, 1.82) is 0 Å². The molecule has 0 saturated heterocycles. The Balaban J connectivity index is 2.22. The third-order valence-electron chi connectivity index (χ3n) is 5.62. The number of para-hydroxylation sites is 1. The van der Waals surface area contributed by atoms with Gasteiger partial charge in [-0.3, -0.25) is 4.79 Å². The summed E-state index contributed by atoms with van der Waals surface area (Å²) < 4.78 is 0.897. The van der Waals surface area contributed by atoms with Crippen LogP contribution in [0.25, 0.3) is 0 Å². The first-order valence-electron chi connectivity index (χ1n) is 9.12. The van der Waals surface area contributed by atoms with Crippen LogP contribution in [0.1, 0.15) is 57.1 Å². The fourth-order valence-electron chi connectivity index (χ4n) is 3.91. The third-order valence-corrected chi connectivity index (χ3v) is 5.62. The summed E-state index contributed by atoms with van der Waals surface area (Å²) in [5, 5.41) is 3.27. The van der Waals surface area contributed by atoms with E-state index in [-0.39, 0.29) is 11.4 Å². The van der Waals surface area contributed by atoms with Crippen molar-refractivity contribution in [1.82, 2.24) is 0 Å². The Labute approximate surface area is 141 Å². The lowest BCUT2D eigenvalue weighted by atomic mass is 10.1. The number of likely N-dealkylation sites (N-methyl/N-ethyl adjacent to an activating group) is 1. The smallest absolute Gasteiger partial charge is 0.285 e. The van der Waals surface area contributed by atoms with Crippen LogP contribution >= 0.6 is 0 Å². The molecule has 1 fully saturated rings. The van der Waals surface area contributed by atoms with Gasteiger partial charge in [-0.25, -0.2) is 0 Å². The van der Waals surface area contributed by atoms with Gasteiger partial charge < -0.3 is 9.80 Å². The molecule has 3 nitrogen and oxygen atoms in total. The molecule has 128 valence electrons. The summed E-state index contributed by atoms with van der Waals surface area (Å²) in [5.41, 5.74) is 3.09. The number of carbonyl (C=O) groups is 1. The number of quaternary nitrogens is 1. The minimum atomic E-state index is -0.208. The molecule has 1 saturated carbocycles. The summed E-state index contributed by atoms with van der Waals surface area (Å²) in [6.45, 7) is 10.8. The Kier molecular flexibility index (Phi) is 5.51. The summed E-state index contributed by atoms with van der Waals surface area (Å²) in [5.74, 6) is 0.224. The first-order valence-corrected chi connectivity index (χ1v) is 9.12. The molecule has 0 aromatic heterocycles. The number of unbranched alkanes of at least 4 members (excludes halogenated alkanes) is 1. The van der Waals surface area contributed by atoms with Crippen molar-refractivity contribution in [2.24, 2.45) is 0 Å². The summed E-state index contributed by atoms with van der Waals surface area (Å²) in [7, 11) is 2.29. The zero-order valence-electron chi connectivity index (χ0n) is 15.5. The topological polar surface area (TPSA) is 29.1 Å². The van der Waals surface area contributed by atoms with E-state index in [1.54, 1.807) is 0 Å². The van der Waals surface area contributed by atoms with Crippen LogP contribution in [0.2, 0.25) is 0 Å². The Morgan fingerprint density at radius 3 is 2.22 bits per heavy atom. The normalized spacial score (nSPS) is 18.3. The van der Waals surface area contributed by atoms with Crippen molar-refractivity contribution in [2.45, 2.75) is 65.3 Å². The summed E-state index contributed by atoms with van der Waals surface area (Å²) in [6, 6.07) is 6.18. The largest absolute Gasteiger partial charge is 0.320 e. The third kappa shape index (κ3) is 3.45. The lowest BCUT2D eigenvalue weighted by Gasteiger charge is -2.41. The molecule has 1 aromatic rings. The summed E-state index contributed by atoms with van der Waals surface area (Å²) in [6.07, 6.45) is 5.54. The maximum atomic E-state index is 13.2. The van der Waals surface area contributed by atoms with Crippen LogP contribution in [0.3, 0.4) is 0 Å². The van der Waals surface area contributed by atoms with E-state index in [1.165, 1.54) is 12.8 Å². The van der Waals surface area contributed by atoms with Gasteiger partial charge in [-0.1, -0.05) is 38.5 Å². The number of hydrogen-bond acceptors (Lipinski definition) is 1. The van der Waals surface area contributed by atoms with Gasteiger partial charge >= 0.3 is 0 Å². The number of nitrogens with zero attached hydrogens (tertiary/aromatic N) is 1. The lowest BCUT2D eigenvalue weighted by Crippen LogP contribution is -2.60. The Morgan fingerprint density at radius 2 is 1.74 bits per heavy atom. The van der Waals surface area contributed by atoms with Gasteiger partial charge in [-0.2, -0.15) is 0 Å². The zero-order chi connectivity index (χ0) is 17.1. The first kappa shape index (κ1) is 18.0. The van der Waals surface area contributed by atoms with Gasteiger partial charge in [-0.15, -0.1) is 0 Å². The highest BCUT2D eigenvalue weighted by Gasteiger charge is 2.63. The number of nitrogens with one attached hydrogen (secondary N) is 1. The second kappa shape index (κ2) is 7.04. The molecular formula is C20H33N2O+. The molecule has 1 aromatic carbocycles. The second-order valence-corrected chi connectivity index (χ2v) is 7.45. The fraction of sp³-hybridized carbons (Fsp3) is 0.650. The molecule has 3 heteroatoms. The maximum absolute atomic E-state index is 13.2. The number of amides is 1. The minimum Gasteiger partial charge on any atom is -0.320 e. The molecule has 0 spiro atoms. The van der Waals surface area contributed by atoms with Gasteiger partial charge in [0.15, 0.2) is 5.54 Å². The molecule has 0 bridgehead atoms. The van der Waals surface area contributed by atoms with E-state index in [4.69, 9.17) is 0 Å². The fourth-order valence-corrected chi connectivity index (χ4v) is 3.91. The molecule has 0 radical (unpaired) electrons. The van der Waals surface area contributed by atoms with E-state index in [1.807, 2.05) is 6.07 Å².